The number of carbonyl (C=O) groups is 1. The normalized spacial score (nSPS) is 12.1. The third-order valence-electron chi connectivity index (χ3n) is 2.41. The highest BCUT2D eigenvalue weighted by atomic mass is 16.5. The van der Waals surface area contributed by atoms with E-state index in [1.54, 1.807) is 13.2 Å². The number of rotatable bonds is 6. The summed E-state index contributed by atoms with van der Waals surface area (Å²) in [5.74, 6) is 1.27. The molecule has 0 saturated heterocycles. The maximum absolute atomic E-state index is 11.9. The molecule has 0 spiro atoms. The first-order chi connectivity index (χ1) is 8.56. The monoisotopic (exact) mass is 251 g/mol. The van der Waals surface area contributed by atoms with Crippen LogP contribution in [0.4, 0.5) is 0 Å². The van der Waals surface area contributed by atoms with Crippen molar-refractivity contribution in [2.24, 2.45) is 0 Å². The molecular weight excluding hydrogens is 230 g/mol. The van der Waals surface area contributed by atoms with Gasteiger partial charge < -0.3 is 14.8 Å². The topological polar surface area (TPSA) is 47.6 Å². The van der Waals surface area contributed by atoms with E-state index in [4.69, 9.17) is 9.47 Å². The summed E-state index contributed by atoms with van der Waals surface area (Å²) >= 11 is 0. The average molecular weight is 251 g/mol. The largest absolute Gasteiger partial charge is 0.497 e. The number of methoxy groups -OCH3 is 1. The van der Waals surface area contributed by atoms with Crippen molar-refractivity contribution < 1.29 is 14.3 Å². The molecule has 0 heterocycles. The molecule has 1 atom stereocenters. The molecule has 0 radical (unpaired) electrons. The van der Waals surface area contributed by atoms with Gasteiger partial charge in [0.25, 0.3) is 5.91 Å². The second kappa shape index (κ2) is 6.89. The van der Waals surface area contributed by atoms with Crippen molar-refractivity contribution in [1.82, 2.24) is 5.32 Å². The third kappa shape index (κ3) is 4.28. The van der Waals surface area contributed by atoms with E-state index in [0.29, 0.717) is 17.9 Å². The molecule has 4 nitrogen and oxygen atoms in total. The Morgan fingerprint density at radius 2 is 2.00 bits per heavy atom. The van der Waals surface area contributed by atoms with Crippen molar-refractivity contribution in [2.45, 2.75) is 39.3 Å². The SMILES string of the molecule is CC[C@@H](Oc1cccc(OC)c1)C(=O)NC(C)C. The second-order valence-corrected chi connectivity index (χ2v) is 4.36. The molecule has 4 heteroatoms. The summed E-state index contributed by atoms with van der Waals surface area (Å²) in [5, 5.41) is 2.85. The Morgan fingerprint density at radius 1 is 1.33 bits per heavy atom. The molecular formula is C14H21NO3. The zero-order chi connectivity index (χ0) is 13.5. The molecule has 18 heavy (non-hydrogen) atoms. The standard InChI is InChI=1S/C14H21NO3/c1-5-13(14(16)15-10(2)3)18-12-8-6-7-11(9-12)17-4/h6-10,13H,5H2,1-4H3,(H,15,16)/t13-/m1/s1. The number of nitrogens with one attached hydrogen (secondary N) is 1. The highest BCUT2D eigenvalue weighted by Crippen LogP contribution is 2.20. The second-order valence-electron chi connectivity index (χ2n) is 4.36. The van der Waals surface area contributed by atoms with Crippen LogP contribution < -0.4 is 14.8 Å². The molecule has 0 bridgehead atoms. The molecule has 0 aliphatic rings. The van der Waals surface area contributed by atoms with Gasteiger partial charge in [0.2, 0.25) is 0 Å². The van der Waals surface area contributed by atoms with E-state index in [2.05, 4.69) is 5.32 Å². The van der Waals surface area contributed by atoms with Crippen LogP contribution in [0.15, 0.2) is 24.3 Å². The zero-order valence-corrected chi connectivity index (χ0v) is 11.4. The maximum Gasteiger partial charge on any atom is 0.261 e. The van der Waals surface area contributed by atoms with Crippen LogP contribution in [0, 0.1) is 0 Å². The van der Waals surface area contributed by atoms with Crippen LogP contribution in [0.2, 0.25) is 0 Å². The summed E-state index contributed by atoms with van der Waals surface area (Å²) in [7, 11) is 1.60. The lowest BCUT2D eigenvalue weighted by atomic mass is 10.2. The van der Waals surface area contributed by atoms with Gasteiger partial charge in [-0.3, -0.25) is 4.79 Å². The van der Waals surface area contributed by atoms with Crippen LogP contribution >= 0.6 is 0 Å². The summed E-state index contributed by atoms with van der Waals surface area (Å²) in [6, 6.07) is 7.36. The molecule has 1 N–H and O–H groups in total. The van der Waals surface area contributed by atoms with Crippen molar-refractivity contribution in [3.05, 3.63) is 24.3 Å². The number of amides is 1. The van der Waals surface area contributed by atoms with Gasteiger partial charge in [-0.1, -0.05) is 13.0 Å². The lowest BCUT2D eigenvalue weighted by Gasteiger charge is -2.19. The van der Waals surface area contributed by atoms with Crippen molar-refractivity contribution in [1.29, 1.82) is 0 Å². The van der Waals surface area contributed by atoms with E-state index < -0.39 is 6.10 Å². The van der Waals surface area contributed by atoms with Crippen LogP contribution in [0.3, 0.4) is 0 Å². The van der Waals surface area contributed by atoms with E-state index in [1.165, 1.54) is 0 Å². The number of carbonyl (C=O) groups excluding carboxylic acids is 1. The van der Waals surface area contributed by atoms with Gasteiger partial charge in [-0.05, 0) is 32.4 Å². The molecule has 0 aliphatic heterocycles. The smallest absolute Gasteiger partial charge is 0.261 e. The van der Waals surface area contributed by atoms with Gasteiger partial charge in [0.1, 0.15) is 11.5 Å². The molecule has 0 unspecified atom stereocenters. The molecule has 1 amide bonds. The minimum absolute atomic E-state index is 0.0877. The summed E-state index contributed by atoms with van der Waals surface area (Å²) < 4.78 is 10.8. The van der Waals surface area contributed by atoms with Gasteiger partial charge >= 0.3 is 0 Å². The minimum atomic E-state index is -0.473. The van der Waals surface area contributed by atoms with E-state index in [9.17, 15) is 4.79 Å². The first-order valence-corrected chi connectivity index (χ1v) is 6.18. The summed E-state index contributed by atoms with van der Waals surface area (Å²) in [6.45, 7) is 5.77. The number of hydrogen-bond donors (Lipinski definition) is 1. The van der Waals surface area contributed by atoms with Crippen LogP contribution in [0.25, 0.3) is 0 Å². The first-order valence-electron chi connectivity index (χ1n) is 6.18. The Hall–Kier alpha value is -1.71. The van der Waals surface area contributed by atoms with Crippen molar-refractivity contribution in [3.63, 3.8) is 0 Å². The van der Waals surface area contributed by atoms with E-state index in [1.807, 2.05) is 39.0 Å². The van der Waals surface area contributed by atoms with Gasteiger partial charge in [-0.15, -0.1) is 0 Å². The Bertz CT molecular complexity index is 390. The van der Waals surface area contributed by atoms with Crippen molar-refractivity contribution in [2.75, 3.05) is 7.11 Å². The number of ether oxygens (including phenoxy) is 2. The number of hydrogen-bond acceptors (Lipinski definition) is 3. The third-order valence-corrected chi connectivity index (χ3v) is 2.41. The van der Waals surface area contributed by atoms with Crippen molar-refractivity contribution >= 4 is 5.91 Å². The molecule has 0 aromatic heterocycles. The molecule has 1 aromatic carbocycles. The fourth-order valence-corrected chi connectivity index (χ4v) is 1.54. The molecule has 1 aromatic rings. The van der Waals surface area contributed by atoms with Crippen LogP contribution in [0.1, 0.15) is 27.2 Å². The Labute approximate surface area is 108 Å². The Balaban J connectivity index is 2.69. The fourth-order valence-electron chi connectivity index (χ4n) is 1.54. The van der Waals surface area contributed by atoms with Gasteiger partial charge in [-0.25, -0.2) is 0 Å². The Morgan fingerprint density at radius 3 is 2.56 bits per heavy atom. The molecule has 0 saturated carbocycles. The zero-order valence-electron chi connectivity index (χ0n) is 11.4. The average Bonchev–Trinajstić information content (AvgIpc) is 2.35. The van der Waals surface area contributed by atoms with Crippen molar-refractivity contribution in [3.8, 4) is 11.5 Å². The van der Waals surface area contributed by atoms with Gasteiger partial charge in [-0.2, -0.15) is 0 Å². The highest BCUT2D eigenvalue weighted by Gasteiger charge is 2.18. The van der Waals surface area contributed by atoms with E-state index in [0.717, 1.165) is 0 Å². The van der Waals surface area contributed by atoms with E-state index >= 15 is 0 Å². The minimum Gasteiger partial charge on any atom is -0.497 e. The molecule has 100 valence electrons. The molecule has 1 rings (SSSR count). The molecule has 0 aliphatic carbocycles. The lowest BCUT2D eigenvalue weighted by molar-refractivity contribution is -0.128. The van der Waals surface area contributed by atoms with Gasteiger partial charge in [0.05, 0.1) is 7.11 Å². The lowest BCUT2D eigenvalue weighted by Crippen LogP contribution is -2.41. The fraction of sp³-hybridized carbons (Fsp3) is 0.500. The highest BCUT2D eigenvalue weighted by molar-refractivity contribution is 5.81. The van der Waals surface area contributed by atoms with Crippen LogP contribution in [-0.2, 0) is 4.79 Å². The maximum atomic E-state index is 11.9. The first kappa shape index (κ1) is 14.4. The van der Waals surface area contributed by atoms with Gasteiger partial charge in [0, 0.05) is 12.1 Å². The summed E-state index contributed by atoms with van der Waals surface area (Å²) in [4.78, 5) is 11.9. The van der Waals surface area contributed by atoms with Crippen LogP contribution in [-0.4, -0.2) is 25.2 Å². The Kier molecular flexibility index (Phi) is 5.49. The summed E-state index contributed by atoms with van der Waals surface area (Å²) in [5.41, 5.74) is 0. The van der Waals surface area contributed by atoms with Gasteiger partial charge in [0.15, 0.2) is 6.10 Å². The van der Waals surface area contributed by atoms with Crippen LogP contribution in [0.5, 0.6) is 11.5 Å². The summed E-state index contributed by atoms with van der Waals surface area (Å²) in [6.07, 6.45) is 0.148. The quantitative estimate of drug-likeness (QED) is 0.844. The predicted octanol–water partition coefficient (Wildman–Crippen LogP) is 2.38. The predicted molar refractivity (Wildman–Crippen MR) is 71.0 cm³/mol. The van der Waals surface area contributed by atoms with E-state index in [-0.39, 0.29) is 11.9 Å². The number of benzene rings is 1. The molecule has 0 fully saturated rings.